The Balaban J connectivity index is 2.02. The zero-order valence-electron chi connectivity index (χ0n) is 17.3. The van der Waals surface area contributed by atoms with Gasteiger partial charge in [0.15, 0.2) is 0 Å². The van der Waals surface area contributed by atoms with E-state index in [4.69, 9.17) is 11.6 Å². The summed E-state index contributed by atoms with van der Waals surface area (Å²) in [7, 11) is 1.90. The molecule has 8 heteroatoms. The molecule has 0 spiro atoms. The average molecular weight is 455 g/mol. The Morgan fingerprint density at radius 3 is 2.39 bits per heavy atom. The first kappa shape index (κ1) is 23.6. The van der Waals surface area contributed by atoms with Crippen molar-refractivity contribution in [3.05, 3.63) is 70.2 Å². The molecule has 1 fully saturated rings. The third-order valence-electron chi connectivity index (χ3n) is 6.16. The van der Waals surface area contributed by atoms with Crippen molar-refractivity contribution in [1.82, 2.24) is 10.2 Å². The van der Waals surface area contributed by atoms with Gasteiger partial charge < -0.3 is 10.4 Å². The van der Waals surface area contributed by atoms with Crippen LogP contribution < -0.4 is 5.32 Å². The summed E-state index contributed by atoms with van der Waals surface area (Å²) in [4.78, 5) is 15.2. The highest BCUT2D eigenvalue weighted by Gasteiger charge is 2.46. The van der Waals surface area contributed by atoms with Gasteiger partial charge in [0.25, 0.3) is 5.91 Å². The van der Waals surface area contributed by atoms with E-state index in [1.54, 1.807) is 0 Å². The maximum absolute atomic E-state index is 13.3. The van der Waals surface area contributed by atoms with E-state index >= 15 is 0 Å². The van der Waals surface area contributed by atoms with Gasteiger partial charge in [0.1, 0.15) is 0 Å². The molecular weight excluding hydrogens is 429 g/mol. The quantitative estimate of drug-likeness (QED) is 0.614. The highest BCUT2D eigenvalue weighted by atomic mass is 35.5. The van der Waals surface area contributed by atoms with Gasteiger partial charge >= 0.3 is 6.18 Å². The van der Waals surface area contributed by atoms with Crippen LogP contribution in [0.15, 0.2) is 48.5 Å². The molecular formula is C23H26ClF3N2O2. The summed E-state index contributed by atoms with van der Waals surface area (Å²) in [6, 6.07) is 12.2. The van der Waals surface area contributed by atoms with Crippen molar-refractivity contribution in [2.45, 2.75) is 43.4 Å². The zero-order valence-corrected chi connectivity index (χ0v) is 18.0. The Bertz CT molecular complexity index is 899. The van der Waals surface area contributed by atoms with E-state index in [1.165, 1.54) is 12.1 Å². The molecule has 0 heterocycles. The number of halogens is 4. The molecule has 31 heavy (non-hydrogen) atoms. The van der Waals surface area contributed by atoms with E-state index < -0.39 is 34.3 Å². The molecule has 1 aliphatic rings. The number of β-amino-alcohol motifs (C(OH)–C–C–N with tert-alkyl or cyclic N) is 1. The predicted octanol–water partition coefficient (Wildman–Crippen LogP) is 5.07. The molecule has 1 unspecified atom stereocenters. The molecule has 1 saturated carbocycles. The molecule has 2 aromatic rings. The van der Waals surface area contributed by atoms with Crippen LogP contribution in [0.4, 0.5) is 13.2 Å². The Morgan fingerprint density at radius 1 is 1.16 bits per heavy atom. The van der Waals surface area contributed by atoms with Crippen molar-refractivity contribution < 1.29 is 23.1 Å². The van der Waals surface area contributed by atoms with Crippen molar-refractivity contribution in [1.29, 1.82) is 0 Å². The van der Waals surface area contributed by atoms with Crippen molar-refractivity contribution >= 4 is 17.5 Å². The molecule has 1 amide bonds. The number of hydrogen-bond acceptors (Lipinski definition) is 3. The monoisotopic (exact) mass is 454 g/mol. The van der Waals surface area contributed by atoms with Crippen molar-refractivity contribution in [2.75, 3.05) is 20.2 Å². The fourth-order valence-electron chi connectivity index (χ4n) is 4.56. The van der Waals surface area contributed by atoms with Crippen LogP contribution >= 0.6 is 11.6 Å². The molecule has 0 radical (unpaired) electrons. The van der Waals surface area contributed by atoms with Gasteiger partial charge in [-0.1, -0.05) is 60.8 Å². The average Bonchev–Trinajstić information content (AvgIpc) is 3.23. The van der Waals surface area contributed by atoms with Gasteiger partial charge in [-0.05, 0) is 37.6 Å². The lowest BCUT2D eigenvalue weighted by Gasteiger charge is -2.45. The number of carbonyl (C=O) groups excluding carboxylic acids is 1. The van der Waals surface area contributed by atoms with E-state index in [0.29, 0.717) is 6.54 Å². The second-order valence-corrected chi connectivity index (χ2v) is 8.32. The van der Waals surface area contributed by atoms with Crippen LogP contribution in [-0.4, -0.2) is 41.7 Å². The number of alkyl halides is 3. The Kier molecular flexibility index (Phi) is 7.29. The minimum Gasteiger partial charge on any atom is -0.395 e. The highest BCUT2D eigenvalue weighted by molar-refractivity contribution is 6.34. The minimum atomic E-state index is -4.65. The number of hydrogen-bond donors (Lipinski definition) is 2. The Morgan fingerprint density at radius 2 is 1.81 bits per heavy atom. The van der Waals surface area contributed by atoms with E-state index in [0.717, 1.165) is 37.3 Å². The van der Waals surface area contributed by atoms with Crippen LogP contribution in [0.2, 0.25) is 5.02 Å². The lowest BCUT2D eigenvalue weighted by atomic mass is 9.81. The molecule has 0 bridgehead atoms. The standard InChI is InChI=1S/C23H26ClF3N2O2/c1-29(14-15-30)22(12-5-6-13-22)20(16-8-3-2-4-9-16)28-21(31)17-10-7-11-18(19(17)24)23(25,26)27/h2-4,7-11,20,30H,5-6,12-15H2,1H3,(H,28,31). The van der Waals surface area contributed by atoms with Gasteiger partial charge in [-0.15, -0.1) is 0 Å². The molecule has 3 rings (SSSR count). The number of carbonyl (C=O) groups is 1. The van der Waals surface area contributed by atoms with Crippen LogP contribution in [0.5, 0.6) is 0 Å². The zero-order chi connectivity index (χ0) is 22.6. The fraction of sp³-hybridized carbons (Fsp3) is 0.435. The minimum absolute atomic E-state index is 0.0346. The van der Waals surface area contributed by atoms with Gasteiger partial charge in [0.05, 0.1) is 28.8 Å². The number of nitrogens with zero attached hydrogens (tertiary/aromatic N) is 1. The smallest absolute Gasteiger partial charge is 0.395 e. The first-order valence-corrected chi connectivity index (χ1v) is 10.6. The molecule has 168 valence electrons. The first-order chi connectivity index (χ1) is 14.7. The number of aliphatic hydroxyl groups is 1. The summed E-state index contributed by atoms with van der Waals surface area (Å²) in [6.07, 6.45) is -1.15. The number of likely N-dealkylation sites (N-methyl/N-ethyl adjacent to an activating group) is 1. The van der Waals surface area contributed by atoms with Gasteiger partial charge in [0.2, 0.25) is 0 Å². The molecule has 0 aliphatic heterocycles. The van der Waals surface area contributed by atoms with Gasteiger partial charge in [-0.25, -0.2) is 0 Å². The van der Waals surface area contributed by atoms with Gasteiger partial charge in [0, 0.05) is 12.1 Å². The first-order valence-electron chi connectivity index (χ1n) is 10.2. The molecule has 1 atom stereocenters. The fourth-order valence-corrected chi connectivity index (χ4v) is 4.88. The normalized spacial score (nSPS) is 17.0. The third kappa shape index (κ3) is 4.89. The highest BCUT2D eigenvalue weighted by Crippen LogP contribution is 2.44. The number of nitrogens with one attached hydrogen (secondary N) is 1. The number of benzene rings is 2. The maximum atomic E-state index is 13.3. The Labute approximate surface area is 185 Å². The van der Waals surface area contributed by atoms with Crippen molar-refractivity contribution in [2.24, 2.45) is 0 Å². The van der Waals surface area contributed by atoms with Crippen LogP contribution in [0, 0.1) is 0 Å². The lowest BCUT2D eigenvalue weighted by Crippen LogP contribution is -2.55. The van der Waals surface area contributed by atoms with Crippen LogP contribution in [0.1, 0.15) is 53.2 Å². The van der Waals surface area contributed by atoms with E-state index in [2.05, 4.69) is 5.32 Å². The van der Waals surface area contributed by atoms with Crippen molar-refractivity contribution in [3.8, 4) is 0 Å². The van der Waals surface area contributed by atoms with Crippen LogP contribution in [-0.2, 0) is 6.18 Å². The Hall–Kier alpha value is -2.09. The maximum Gasteiger partial charge on any atom is 0.417 e. The third-order valence-corrected chi connectivity index (χ3v) is 6.57. The molecule has 4 nitrogen and oxygen atoms in total. The largest absolute Gasteiger partial charge is 0.417 e. The molecule has 0 saturated heterocycles. The molecule has 2 N–H and O–H groups in total. The molecule has 1 aliphatic carbocycles. The second-order valence-electron chi connectivity index (χ2n) is 7.94. The summed E-state index contributed by atoms with van der Waals surface area (Å²) in [5, 5.41) is 11.9. The van der Waals surface area contributed by atoms with Gasteiger partial charge in [-0.2, -0.15) is 13.2 Å². The molecule has 0 aromatic heterocycles. The second kappa shape index (κ2) is 9.59. The summed E-state index contributed by atoms with van der Waals surface area (Å²) in [5.41, 5.74) is -0.861. The summed E-state index contributed by atoms with van der Waals surface area (Å²) in [6.45, 7) is 0.386. The lowest BCUT2D eigenvalue weighted by molar-refractivity contribution is -0.137. The summed E-state index contributed by atoms with van der Waals surface area (Å²) < 4.78 is 39.8. The molecule has 2 aromatic carbocycles. The number of aliphatic hydroxyl groups excluding tert-OH is 1. The number of amides is 1. The van der Waals surface area contributed by atoms with Crippen molar-refractivity contribution in [3.63, 3.8) is 0 Å². The summed E-state index contributed by atoms with van der Waals surface area (Å²) in [5.74, 6) is -0.659. The van der Waals surface area contributed by atoms with Gasteiger partial charge in [-0.3, -0.25) is 9.69 Å². The number of rotatable bonds is 7. The van der Waals surface area contributed by atoms with E-state index in [9.17, 15) is 23.1 Å². The van der Waals surface area contributed by atoms with E-state index in [-0.39, 0.29) is 12.2 Å². The SMILES string of the molecule is CN(CCO)C1(C(NC(=O)c2cccc(C(F)(F)F)c2Cl)c2ccccc2)CCCC1. The van der Waals surface area contributed by atoms with Crippen LogP contribution in [0.3, 0.4) is 0 Å². The van der Waals surface area contributed by atoms with Crippen LogP contribution in [0.25, 0.3) is 0 Å². The van der Waals surface area contributed by atoms with E-state index in [1.807, 2.05) is 42.3 Å². The topological polar surface area (TPSA) is 52.6 Å². The summed E-state index contributed by atoms with van der Waals surface area (Å²) >= 11 is 6.00. The predicted molar refractivity (Wildman–Crippen MR) is 114 cm³/mol.